The maximum absolute atomic E-state index is 6.19. The normalized spacial score (nSPS) is 20.1. The van der Waals surface area contributed by atoms with Crippen molar-refractivity contribution in [2.45, 2.75) is 38.9 Å². The highest BCUT2D eigenvalue weighted by atomic mass is 16.7. The molecule has 0 aliphatic carbocycles. The first-order chi connectivity index (χ1) is 10.4. The van der Waals surface area contributed by atoms with Crippen LogP contribution in [0.25, 0.3) is 21.9 Å². The van der Waals surface area contributed by atoms with E-state index in [1.54, 1.807) is 6.20 Å². The minimum absolute atomic E-state index is 0.363. The number of benzene rings is 1. The quantitative estimate of drug-likeness (QED) is 0.646. The largest absolute Gasteiger partial charge is 0.495 e. The van der Waals surface area contributed by atoms with Gasteiger partial charge in [-0.05, 0) is 45.3 Å². The van der Waals surface area contributed by atoms with Crippen LogP contribution in [0.15, 0.2) is 41.1 Å². The van der Waals surface area contributed by atoms with Crippen LogP contribution in [-0.4, -0.2) is 23.3 Å². The maximum atomic E-state index is 6.19. The monoisotopic (exact) mass is 295 g/mol. The fourth-order valence-electron chi connectivity index (χ4n) is 2.86. The maximum Gasteiger partial charge on any atom is 0.495 e. The predicted molar refractivity (Wildman–Crippen MR) is 87.2 cm³/mol. The minimum Gasteiger partial charge on any atom is -0.456 e. The van der Waals surface area contributed by atoms with Crippen molar-refractivity contribution in [2.75, 3.05) is 0 Å². The number of hydrogen-bond acceptors (Lipinski definition) is 4. The average Bonchev–Trinajstić information content (AvgIpc) is 2.93. The van der Waals surface area contributed by atoms with E-state index in [0.29, 0.717) is 0 Å². The van der Waals surface area contributed by atoms with Gasteiger partial charge in [0.15, 0.2) is 0 Å². The van der Waals surface area contributed by atoms with E-state index in [1.807, 2.05) is 30.5 Å². The molecule has 5 heteroatoms. The number of furan rings is 1. The average molecular weight is 295 g/mol. The van der Waals surface area contributed by atoms with Crippen molar-refractivity contribution < 1.29 is 13.7 Å². The van der Waals surface area contributed by atoms with E-state index in [0.717, 1.165) is 27.4 Å². The van der Waals surface area contributed by atoms with Gasteiger partial charge in [0.25, 0.3) is 0 Å². The van der Waals surface area contributed by atoms with Crippen molar-refractivity contribution in [1.29, 1.82) is 0 Å². The lowest BCUT2D eigenvalue weighted by molar-refractivity contribution is 0.00578. The molecule has 0 unspecified atom stereocenters. The van der Waals surface area contributed by atoms with Crippen molar-refractivity contribution in [2.24, 2.45) is 0 Å². The van der Waals surface area contributed by atoms with E-state index >= 15 is 0 Å². The van der Waals surface area contributed by atoms with Crippen LogP contribution in [0.2, 0.25) is 0 Å². The second-order valence-electron chi connectivity index (χ2n) is 6.78. The Kier molecular flexibility index (Phi) is 2.72. The molecular formula is C17H18BNO3. The summed E-state index contributed by atoms with van der Waals surface area (Å²) in [6.45, 7) is 8.23. The molecular weight excluding hydrogens is 277 g/mol. The smallest absolute Gasteiger partial charge is 0.456 e. The fourth-order valence-corrected chi connectivity index (χ4v) is 2.86. The highest BCUT2D eigenvalue weighted by Gasteiger charge is 2.52. The van der Waals surface area contributed by atoms with Gasteiger partial charge in [0.2, 0.25) is 0 Å². The molecule has 1 aliphatic rings. The van der Waals surface area contributed by atoms with Crippen molar-refractivity contribution >= 4 is 34.5 Å². The zero-order valence-corrected chi connectivity index (χ0v) is 13.2. The molecule has 0 spiro atoms. The van der Waals surface area contributed by atoms with Gasteiger partial charge < -0.3 is 13.7 Å². The number of aromatic nitrogens is 1. The molecule has 1 saturated heterocycles. The first-order valence-corrected chi connectivity index (χ1v) is 7.50. The van der Waals surface area contributed by atoms with E-state index in [9.17, 15) is 0 Å². The van der Waals surface area contributed by atoms with Crippen LogP contribution in [-0.2, 0) is 9.31 Å². The molecule has 0 atom stereocenters. The Morgan fingerprint density at radius 3 is 2.41 bits per heavy atom. The highest BCUT2D eigenvalue weighted by Crippen LogP contribution is 2.37. The molecule has 4 nitrogen and oxygen atoms in total. The Morgan fingerprint density at radius 1 is 0.955 bits per heavy atom. The molecule has 0 saturated carbocycles. The fraction of sp³-hybridized carbons (Fsp3) is 0.353. The van der Waals surface area contributed by atoms with E-state index < -0.39 is 7.12 Å². The van der Waals surface area contributed by atoms with E-state index in [-0.39, 0.29) is 11.2 Å². The lowest BCUT2D eigenvalue weighted by Crippen LogP contribution is -2.41. The number of rotatable bonds is 1. The second-order valence-corrected chi connectivity index (χ2v) is 6.78. The second kappa shape index (κ2) is 4.34. The lowest BCUT2D eigenvalue weighted by atomic mass is 9.76. The molecule has 22 heavy (non-hydrogen) atoms. The third kappa shape index (κ3) is 1.82. The number of hydrogen-bond donors (Lipinski definition) is 0. The van der Waals surface area contributed by atoms with Gasteiger partial charge in [-0.2, -0.15) is 0 Å². The highest BCUT2D eigenvalue weighted by molar-refractivity contribution is 6.66. The molecule has 0 N–H and O–H groups in total. The Bertz CT molecular complexity index is 853. The first-order valence-electron chi connectivity index (χ1n) is 7.50. The van der Waals surface area contributed by atoms with Crippen LogP contribution >= 0.6 is 0 Å². The Morgan fingerprint density at radius 2 is 1.68 bits per heavy atom. The van der Waals surface area contributed by atoms with Gasteiger partial charge in [-0.15, -0.1) is 0 Å². The summed E-state index contributed by atoms with van der Waals surface area (Å²) in [7, 11) is -0.408. The molecule has 112 valence electrons. The molecule has 4 rings (SSSR count). The molecule has 0 bridgehead atoms. The van der Waals surface area contributed by atoms with Crippen molar-refractivity contribution in [3.8, 4) is 0 Å². The van der Waals surface area contributed by atoms with Crippen LogP contribution in [0.4, 0.5) is 0 Å². The van der Waals surface area contributed by atoms with Crippen molar-refractivity contribution in [3.63, 3.8) is 0 Å². The summed E-state index contributed by atoms with van der Waals surface area (Å²) in [5.41, 5.74) is 1.92. The molecule has 1 fully saturated rings. The van der Waals surface area contributed by atoms with Crippen LogP contribution in [0.3, 0.4) is 0 Å². The van der Waals surface area contributed by atoms with Crippen LogP contribution < -0.4 is 5.46 Å². The molecule has 1 aromatic carbocycles. The molecule has 0 radical (unpaired) electrons. The summed E-state index contributed by atoms with van der Waals surface area (Å²) in [4.78, 5) is 4.22. The van der Waals surface area contributed by atoms with Gasteiger partial charge in [-0.25, -0.2) is 0 Å². The van der Waals surface area contributed by atoms with E-state index in [4.69, 9.17) is 13.7 Å². The third-order valence-corrected chi connectivity index (χ3v) is 4.84. The molecule has 3 heterocycles. The summed E-state index contributed by atoms with van der Waals surface area (Å²) < 4.78 is 18.3. The van der Waals surface area contributed by atoms with Gasteiger partial charge in [0.05, 0.1) is 11.2 Å². The summed E-state index contributed by atoms with van der Waals surface area (Å²) in [5.74, 6) is 0. The van der Waals surface area contributed by atoms with Crippen molar-refractivity contribution in [3.05, 3.63) is 36.7 Å². The molecule has 0 amide bonds. The zero-order chi connectivity index (χ0) is 15.5. The first kappa shape index (κ1) is 13.8. The van der Waals surface area contributed by atoms with Crippen molar-refractivity contribution in [1.82, 2.24) is 4.98 Å². The Balaban J connectivity index is 1.93. The van der Waals surface area contributed by atoms with Crippen LogP contribution in [0.5, 0.6) is 0 Å². The number of nitrogens with zero attached hydrogens (tertiary/aromatic N) is 1. The summed E-state index contributed by atoms with van der Waals surface area (Å²) in [5, 5.41) is 2.01. The van der Waals surface area contributed by atoms with E-state index in [1.165, 1.54) is 0 Å². The van der Waals surface area contributed by atoms with Gasteiger partial charge in [0.1, 0.15) is 11.2 Å². The van der Waals surface area contributed by atoms with Crippen LogP contribution in [0.1, 0.15) is 27.7 Å². The molecule has 3 aromatic rings. The van der Waals surface area contributed by atoms with Gasteiger partial charge in [-0.1, -0.05) is 12.1 Å². The topological polar surface area (TPSA) is 44.5 Å². The third-order valence-electron chi connectivity index (χ3n) is 4.84. The van der Waals surface area contributed by atoms with E-state index in [2.05, 4.69) is 32.7 Å². The van der Waals surface area contributed by atoms with Gasteiger partial charge in [0, 0.05) is 23.2 Å². The lowest BCUT2D eigenvalue weighted by Gasteiger charge is -2.32. The standard InChI is InChI=1S/C17H18BNO3/c1-16(2)17(3,4)22-18(21-16)12-6-5-7-14-15(12)11-10-19-9-8-13(11)20-14/h5-10H,1-4H3. The minimum atomic E-state index is -0.408. The molecule has 1 aliphatic heterocycles. The van der Waals surface area contributed by atoms with Gasteiger partial charge in [-0.3, -0.25) is 4.98 Å². The SMILES string of the molecule is CC1(C)OB(c2cccc3oc4ccncc4c23)OC1(C)C. The Labute approximate surface area is 129 Å². The summed E-state index contributed by atoms with van der Waals surface area (Å²) in [6, 6.07) is 7.85. The number of pyridine rings is 1. The van der Waals surface area contributed by atoms with Gasteiger partial charge >= 0.3 is 7.12 Å². The summed E-state index contributed by atoms with van der Waals surface area (Å²) >= 11 is 0. The zero-order valence-electron chi connectivity index (χ0n) is 13.2. The Hall–Kier alpha value is -1.85. The van der Waals surface area contributed by atoms with Crippen LogP contribution in [0, 0.1) is 0 Å². The number of fused-ring (bicyclic) bond motifs is 3. The summed E-state index contributed by atoms with van der Waals surface area (Å²) in [6.07, 6.45) is 3.56. The predicted octanol–water partition coefficient (Wildman–Crippen LogP) is 3.28. The molecule has 2 aromatic heterocycles.